The highest BCUT2D eigenvalue weighted by Crippen LogP contribution is 2.57. The molecule has 6 fully saturated rings. The number of aromatic nitrogens is 18. The average Bonchev–Trinajstić information content (AvgIpc) is 1.63. The Labute approximate surface area is 665 Å². The molecule has 0 aliphatic carbocycles. The normalized spacial score (nSPS) is 29.7. The van der Waals surface area contributed by atoms with Crippen LogP contribution >= 0.6 is 39.1 Å². The van der Waals surface area contributed by atoms with Crippen LogP contribution in [0.3, 0.4) is 0 Å². The Morgan fingerprint density at radius 2 is 0.608 bits per heavy atom. The summed E-state index contributed by atoms with van der Waals surface area (Å²) in [6.07, 6.45) is -23.0. The Kier molecular flexibility index (Phi) is 24.2. The molecule has 15 rings (SSSR count). The van der Waals surface area contributed by atoms with Gasteiger partial charge in [-0.05, 0) is 18.2 Å². The van der Waals surface area contributed by atoms with Gasteiger partial charge in [-0.25, -0.2) is 66.5 Å². The Morgan fingerprint density at radius 1 is 0.367 bits per heavy atom. The Morgan fingerprint density at radius 3 is 0.883 bits per heavy atom. The van der Waals surface area contributed by atoms with E-state index in [1.54, 1.807) is 0 Å². The highest BCUT2D eigenvalue weighted by Gasteiger charge is 2.52. The standard InChI is InChI=1S/C57H73N24O34P5/c58-34-1-4-76(55(87)67-34)37-7-22(83)29(106-37)14-100-116(90,91)114-26-11-41(80-20-65-44-47(62)71-53(85)74-50(44)80)109-32(26)17-103-118(94,95)113-25-10-39(78-6-3-36(60)69-57(78)89)108-31(25)16-102-120(98,99)115-27-12-42(81-21-66-45-48(63)72-54(86)75-51(45)81)110-33(27)18-104-119(96,97)112-24-9-38(77-5-2-35(59)68-56(77)88)107-30(24)15-101-117(92,93)111-23-8-40(105-28(23)13-82)79-19-64-43-46(61)70-52(84)73-49(43)79/h1-6,19-33,37-42,82-83H,7-18H2,(H,90,91)(H,92,93)(H,94,95)(H,96,97)(H,98,99)(H2,58,67,87)(H2,59,68,88)(H2,60,69,89)(H3,61,70,73,84)(H3,62,71,74,85)(H3,63,72,75,86)/t22-,23-,24-,25-,26-,27-,28+,29+,30+,31+,32+,33+,37+,38+,39+,40+,41+,42+/m0/s1. The summed E-state index contributed by atoms with van der Waals surface area (Å²) < 4.78 is 168. The summed E-state index contributed by atoms with van der Waals surface area (Å²) >= 11 is 0. The van der Waals surface area contributed by atoms with Crippen molar-refractivity contribution in [3.8, 4) is 0 Å². The number of aliphatic hydroxyl groups excluding tert-OH is 2. The van der Waals surface area contributed by atoms with Gasteiger partial charge < -0.3 is 97.5 Å². The van der Waals surface area contributed by atoms with Crippen molar-refractivity contribution in [1.29, 1.82) is 0 Å². The minimum atomic E-state index is -5.66. The smallest absolute Gasteiger partial charge is 0.394 e. The lowest BCUT2D eigenvalue weighted by Gasteiger charge is -2.26. The van der Waals surface area contributed by atoms with E-state index < -0.39 is 249 Å². The molecule has 650 valence electrons. The number of nitrogen functional groups attached to an aromatic ring is 6. The van der Waals surface area contributed by atoms with Crippen molar-refractivity contribution < 1.29 is 131 Å². The molecule has 6 saturated heterocycles. The van der Waals surface area contributed by atoms with Gasteiger partial charge in [-0.1, -0.05) is 0 Å². The molecule has 9 aromatic rings. The number of anilines is 6. The van der Waals surface area contributed by atoms with E-state index in [0.29, 0.717) is 0 Å². The van der Waals surface area contributed by atoms with E-state index in [9.17, 15) is 86.3 Å². The number of ether oxygens (including phenoxy) is 6. The third kappa shape index (κ3) is 19.0. The van der Waals surface area contributed by atoms with Gasteiger partial charge in [-0.15, -0.1) is 0 Å². The van der Waals surface area contributed by atoms with Crippen molar-refractivity contribution in [2.75, 3.05) is 74.0 Å². The second-order valence-electron chi connectivity index (χ2n) is 27.4. The first-order valence-corrected chi connectivity index (χ1v) is 43.0. The van der Waals surface area contributed by atoms with E-state index in [1.807, 2.05) is 0 Å². The van der Waals surface area contributed by atoms with Crippen LogP contribution in [0.15, 0.2) is 84.5 Å². The largest absolute Gasteiger partial charge is 0.472 e. The number of fused-ring (bicyclic) bond motifs is 3. The van der Waals surface area contributed by atoms with Gasteiger partial charge in [0.15, 0.2) is 16.9 Å². The molecular weight excluding hydrogens is 1720 g/mol. The zero-order valence-corrected chi connectivity index (χ0v) is 65.6. The van der Waals surface area contributed by atoms with Crippen molar-refractivity contribution in [3.63, 3.8) is 0 Å². The van der Waals surface area contributed by atoms with Crippen LogP contribution in [0.1, 0.15) is 75.9 Å². The molecule has 58 nitrogen and oxygen atoms in total. The molecule has 0 saturated carbocycles. The summed E-state index contributed by atoms with van der Waals surface area (Å²) in [6, 6.07) is 3.67. The fraction of sp³-hybridized carbons (Fsp3) is 0.526. The number of hydrogen-bond acceptors (Lipinski definition) is 44. The average molecular weight is 1790 g/mol. The SMILES string of the molecule is Nc1ccn([C@H]2C[C@H](OP(=O)(O)OC[C@H]3O[C@@H](n4cnc5c(N)[nH]c(=O)nc54)C[C@@H]3OP(=O)(O)OC[C@H]3O[C@@H](n4ccc(N)nc4=O)C[C@@H]3OP(=O)(O)OC[C@H]3O[C@@H](n4cnc5c(N)[nH]c(=O)nc54)C[C@@H]3OP(=O)(O)OC[C@H]3O[C@@H](n4ccc(N)nc4=O)C[C@@H]3O)[C@@H](COP(=O)(O)O[C@H]3C[C@H](n4cnc5c(N)[nH]c(=O)nc54)O[C@@H]3CO)O2)c(=O)n1. The maximum atomic E-state index is 14.5. The van der Waals surface area contributed by atoms with Crippen molar-refractivity contribution in [1.82, 2.24) is 87.2 Å². The van der Waals surface area contributed by atoms with Crippen LogP contribution in [0.25, 0.3) is 33.5 Å². The number of phosphoric ester groups is 5. The van der Waals surface area contributed by atoms with Gasteiger partial charge >= 0.3 is 73.3 Å². The maximum absolute atomic E-state index is 14.5. The summed E-state index contributed by atoms with van der Waals surface area (Å²) in [5.41, 5.74) is 29.0. The maximum Gasteiger partial charge on any atom is 0.472 e. The van der Waals surface area contributed by atoms with Crippen LogP contribution < -0.4 is 68.5 Å². The summed E-state index contributed by atoms with van der Waals surface area (Å²) in [5, 5.41) is 21.1. The van der Waals surface area contributed by atoms with E-state index in [0.717, 1.165) is 43.3 Å². The van der Waals surface area contributed by atoms with Gasteiger partial charge in [0.05, 0.1) is 64.7 Å². The molecule has 0 bridgehead atoms. The molecule has 9 aromatic heterocycles. The van der Waals surface area contributed by atoms with Crippen LogP contribution in [-0.2, 0) is 96.5 Å². The number of H-pyrrole nitrogens is 3. The third-order valence-electron chi connectivity index (χ3n) is 19.5. The Bertz CT molecular complexity index is 6010. The van der Waals surface area contributed by atoms with E-state index >= 15 is 0 Å². The molecule has 0 aromatic carbocycles. The molecule has 22 N–H and O–H groups in total. The molecule has 6 aliphatic rings. The number of phosphoric acid groups is 5. The van der Waals surface area contributed by atoms with Crippen molar-refractivity contribution in [2.24, 2.45) is 0 Å². The first-order valence-electron chi connectivity index (χ1n) is 35.5. The fourth-order valence-corrected chi connectivity index (χ4v) is 18.8. The monoisotopic (exact) mass is 1790 g/mol. The Balaban J connectivity index is 0.632. The number of nitrogens with one attached hydrogen (secondary N) is 3. The van der Waals surface area contributed by atoms with Gasteiger partial charge in [0.25, 0.3) is 0 Å². The summed E-state index contributed by atoms with van der Waals surface area (Å²) in [5.74, 6) is -1.16. The zero-order chi connectivity index (χ0) is 85.4. The lowest BCUT2D eigenvalue weighted by molar-refractivity contribution is -0.0648. The van der Waals surface area contributed by atoms with Gasteiger partial charge in [0.2, 0.25) is 0 Å². The minimum Gasteiger partial charge on any atom is -0.394 e. The number of nitrogens with zero attached hydrogens (tertiary/aromatic N) is 15. The van der Waals surface area contributed by atoms with E-state index in [4.69, 9.17) is 108 Å². The number of nitrogens with two attached hydrogens (primary N) is 6. The molecule has 0 amide bonds. The van der Waals surface area contributed by atoms with Gasteiger partial charge in [-0.2, -0.15) is 29.9 Å². The quantitative estimate of drug-likeness (QED) is 0.0180. The first-order chi connectivity index (χ1) is 56.8. The van der Waals surface area contributed by atoms with Crippen LogP contribution in [0.5, 0.6) is 0 Å². The molecule has 6 aliphatic heterocycles. The number of aromatic amines is 3. The van der Waals surface area contributed by atoms with Gasteiger partial charge in [0, 0.05) is 57.1 Å². The molecular formula is C57H73N24O34P5. The van der Waals surface area contributed by atoms with E-state index in [-0.39, 0.29) is 81.2 Å². The van der Waals surface area contributed by atoms with E-state index in [2.05, 4.69) is 59.8 Å². The molecule has 0 radical (unpaired) electrons. The van der Waals surface area contributed by atoms with E-state index in [1.165, 1.54) is 39.9 Å². The third-order valence-corrected chi connectivity index (χ3v) is 24.5. The fourth-order valence-electron chi connectivity index (χ4n) is 14.0. The molecule has 63 heteroatoms. The lowest BCUT2D eigenvalue weighted by Crippen LogP contribution is -2.32. The zero-order valence-electron chi connectivity index (χ0n) is 61.1. The first kappa shape index (κ1) is 85.7. The van der Waals surface area contributed by atoms with Crippen molar-refractivity contribution in [3.05, 3.63) is 119 Å². The molecule has 15 heterocycles. The highest BCUT2D eigenvalue weighted by atomic mass is 31.2. The molecule has 23 atom stereocenters. The van der Waals surface area contributed by atoms with Crippen molar-refractivity contribution >= 4 is 108 Å². The van der Waals surface area contributed by atoms with Crippen molar-refractivity contribution in [2.45, 2.75) is 149 Å². The topological polar surface area (TPSA) is 826 Å². The Hall–Kier alpha value is -9.28. The minimum absolute atomic E-state index is 0.0259. The second-order valence-corrected chi connectivity index (χ2v) is 34.5. The summed E-state index contributed by atoms with van der Waals surface area (Å²) in [6.45, 7) is -5.97. The molecule has 5 unspecified atom stereocenters. The lowest BCUT2D eigenvalue weighted by atomic mass is 10.2. The van der Waals surface area contributed by atoms with Gasteiger partial charge in [0.1, 0.15) is 156 Å². The highest BCUT2D eigenvalue weighted by molar-refractivity contribution is 7.48. The second kappa shape index (κ2) is 33.9. The predicted octanol–water partition coefficient (Wildman–Crippen LogP) is -3.76. The molecule has 120 heavy (non-hydrogen) atoms. The predicted molar refractivity (Wildman–Crippen MR) is 394 cm³/mol. The van der Waals surface area contributed by atoms with Crippen LogP contribution in [0, 0.1) is 0 Å². The number of aliphatic hydroxyl groups is 2. The van der Waals surface area contributed by atoms with Crippen LogP contribution in [0.2, 0.25) is 0 Å². The summed E-state index contributed by atoms with van der Waals surface area (Å²) in [7, 11) is -27.5. The van der Waals surface area contributed by atoms with Crippen LogP contribution in [-0.4, -0.2) is 235 Å². The summed E-state index contributed by atoms with van der Waals surface area (Å²) in [4.78, 5) is 175. The molecule has 0 spiro atoms. The van der Waals surface area contributed by atoms with Crippen LogP contribution in [0.4, 0.5) is 34.9 Å². The number of imidazole rings is 3. The van der Waals surface area contributed by atoms with Gasteiger partial charge in [-0.3, -0.25) is 87.6 Å². The number of hydrogen-bond donors (Lipinski definition) is 16. The number of rotatable bonds is 32.